The number of rotatable bonds is 6. The molecule has 1 aliphatic carbocycles. The van der Waals surface area contributed by atoms with Gasteiger partial charge in [-0.1, -0.05) is 43.3 Å². The van der Waals surface area contributed by atoms with Crippen molar-refractivity contribution in [1.29, 1.82) is 0 Å². The summed E-state index contributed by atoms with van der Waals surface area (Å²) in [6.45, 7) is 2.61. The lowest BCUT2D eigenvalue weighted by atomic mass is 9.84. The molecule has 0 spiro atoms. The second kappa shape index (κ2) is 8.33. The number of hydrogen-bond donors (Lipinski definition) is 1. The number of aryl methyl sites for hydroxylation is 1. The van der Waals surface area contributed by atoms with Crippen LogP contribution in [0.5, 0.6) is 0 Å². The lowest BCUT2D eigenvalue weighted by Crippen LogP contribution is -2.11. The molecular weight excluding hydrogens is 336 g/mol. The van der Waals surface area contributed by atoms with E-state index < -0.39 is 0 Å². The first-order valence-corrected chi connectivity index (χ1v) is 9.84. The summed E-state index contributed by atoms with van der Waals surface area (Å²) < 4.78 is 5.36. The first-order chi connectivity index (χ1) is 13.3. The average Bonchev–Trinajstić information content (AvgIpc) is 3.15. The number of nitrogens with one attached hydrogen (secondary N) is 1. The van der Waals surface area contributed by atoms with E-state index >= 15 is 0 Å². The van der Waals surface area contributed by atoms with Crippen molar-refractivity contribution < 1.29 is 4.52 Å². The quantitative estimate of drug-likeness (QED) is 0.655. The van der Waals surface area contributed by atoms with E-state index in [9.17, 15) is 0 Å². The van der Waals surface area contributed by atoms with Crippen LogP contribution in [0.15, 0.2) is 47.2 Å². The Morgan fingerprint density at radius 3 is 2.63 bits per heavy atom. The minimum absolute atomic E-state index is 0.573. The van der Waals surface area contributed by atoms with Gasteiger partial charge < -0.3 is 9.84 Å². The minimum atomic E-state index is 0.573. The zero-order valence-corrected chi connectivity index (χ0v) is 15.8. The summed E-state index contributed by atoms with van der Waals surface area (Å²) in [7, 11) is 0. The normalized spacial score (nSPS) is 15.0. The van der Waals surface area contributed by atoms with Crippen LogP contribution in [-0.2, 0) is 13.0 Å². The zero-order chi connectivity index (χ0) is 18.5. The molecule has 0 aliphatic heterocycles. The number of hydrogen-bond acceptors (Lipinski definition) is 5. The summed E-state index contributed by atoms with van der Waals surface area (Å²) in [6, 6.07) is 10.5. The van der Waals surface area contributed by atoms with Crippen molar-refractivity contribution in [1.82, 2.24) is 15.1 Å². The predicted octanol–water partition coefficient (Wildman–Crippen LogP) is 5.17. The molecule has 0 bridgehead atoms. The van der Waals surface area contributed by atoms with Gasteiger partial charge in [-0.2, -0.15) is 4.98 Å². The fourth-order valence-electron chi connectivity index (χ4n) is 3.87. The highest BCUT2D eigenvalue weighted by Gasteiger charge is 2.17. The molecule has 1 saturated carbocycles. The van der Waals surface area contributed by atoms with Crippen molar-refractivity contribution >= 4 is 5.69 Å². The second-order valence-electron chi connectivity index (χ2n) is 7.44. The number of nitrogens with zero attached hydrogens (tertiary/aromatic N) is 3. The van der Waals surface area contributed by atoms with Crippen LogP contribution < -0.4 is 5.32 Å². The highest BCUT2D eigenvalue weighted by atomic mass is 16.5. The Morgan fingerprint density at radius 2 is 1.89 bits per heavy atom. The summed E-state index contributed by atoms with van der Waals surface area (Å²) in [5.41, 5.74) is 4.70. The Morgan fingerprint density at radius 1 is 1.07 bits per heavy atom. The van der Waals surface area contributed by atoms with Crippen molar-refractivity contribution in [2.24, 2.45) is 5.92 Å². The summed E-state index contributed by atoms with van der Waals surface area (Å²) >= 11 is 0. The average molecular weight is 362 g/mol. The molecule has 140 valence electrons. The van der Waals surface area contributed by atoms with E-state index in [1.54, 1.807) is 0 Å². The Bertz CT molecular complexity index is 869. The van der Waals surface area contributed by atoms with Crippen molar-refractivity contribution in [3.63, 3.8) is 0 Å². The molecule has 5 heteroatoms. The van der Waals surface area contributed by atoms with Crippen molar-refractivity contribution in [2.75, 3.05) is 5.32 Å². The lowest BCUT2D eigenvalue weighted by Gasteiger charge is -2.23. The second-order valence-corrected chi connectivity index (χ2v) is 7.44. The predicted molar refractivity (Wildman–Crippen MR) is 106 cm³/mol. The van der Waals surface area contributed by atoms with Gasteiger partial charge in [-0.3, -0.25) is 4.98 Å². The lowest BCUT2D eigenvalue weighted by molar-refractivity contribution is 0.357. The third-order valence-corrected chi connectivity index (χ3v) is 5.35. The molecule has 0 atom stereocenters. The number of aromatic nitrogens is 3. The van der Waals surface area contributed by atoms with Gasteiger partial charge in [0.15, 0.2) is 5.82 Å². The van der Waals surface area contributed by atoms with E-state index in [2.05, 4.69) is 38.6 Å². The molecule has 2 heterocycles. The Balaban J connectivity index is 1.58. The van der Waals surface area contributed by atoms with Crippen LogP contribution in [0.2, 0.25) is 0 Å². The van der Waals surface area contributed by atoms with Gasteiger partial charge in [-0.05, 0) is 54.7 Å². The van der Waals surface area contributed by atoms with Crippen LogP contribution in [0.3, 0.4) is 0 Å². The molecule has 0 unspecified atom stereocenters. The molecule has 1 N–H and O–H groups in total. The molecular formula is C22H26N4O. The topological polar surface area (TPSA) is 63.8 Å². The van der Waals surface area contributed by atoms with E-state index in [1.165, 1.54) is 43.2 Å². The van der Waals surface area contributed by atoms with E-state index in [0.717, 1.165) is 30.1 Å². The molecule has 0 radical (unpaired) electrons. The molecule has 27 heavy (non-hydrogen) atoms. The van der Waals surface area contributed by atoms with Crippen molar-refractivity contribution in [2.45, 2.75) is 52.0 Å². The maximum Gasteiger partial charge on any atom is 0.257 e. The van der Waals surface area contributed by atoms with E-state index in [0.29, 0.717) is 11.7 Å². The zero-order valence-electron chi connectivity index (χ0n) is 15.8. The monoisotopic (exact) mass is 362 g/mol. The Kier molecular flexibility index (Phi) is 5.47. The van der Waals surface area contributed by atoms with Gasteiger partial charge in [0.25, 0.3) is 5.89 Å². The maximum absolute atomic E-state index is 5.36. The standard InChI is InChI=1S/C22H26N4O/c1-16-25-22(27-26-16)20-8-7-19(13-17-5-3-2-4-6-17)21(14-20)24-15-18-9-11-23-12-10-18/h7-12,14,17,24H,2-6,13,15H2,1H3. The van der Waals surface area contributed by atoms with Crippen LogP contribution in [-0.4, -0.2) is 15.1 Å². The van der Waals surface area contributed by atoms with E-state index in [4.69, 9.17) is 4.52 Å². The van der Waals surface area contributed by atoms with E-state index in [-0.39, 0.29) is 0 Å². The summed E-state index contributed by atoms with van der Waals surface area (Å²) in [6.07, 6.45) is 11.6. The Labute approximate surface area is 160 Å². The van der Waals surface area contributed by atoms with Gasteiger partial charge in [-0.25, -0.2) is 0 Å². The van der Waals surface area contributed by atoms with Crippen molar-refractivity contribution in [3.8, 4) is 11.5 Å². The third kappa shape index (κ3) is 4.54. The summed E-state index contributed by atoms with van der Waals surface area (Å²) in [5.74, 6) is 2.02. The molecule has 1 aliphatic rings. The first kappa shape index (κ1) is 17.7. The fraction of sp³-hybridized carbons (Fsp3) is 0.409. The van der Waals surface area contributed by atoms with Gasteiger partial charge in [0.05, 0.1) is 0 Å². The van der Waals surface area contributed by atoms with Crippen LogP contribution in [0.4, 0.5) is 5.69 Å². The largest absolute Gasteiger partial charge is 0.381 e. The van der Waals surface area contributed by atoms with Gasteiger partial charge in [0.2, 0.25) is 0 Å². The summed E-state index contributed by atoms with van der Waals surface area (Å²) in [5, 5.41) is 7.54. The van der Waals surface area contributed by atoms with Gasteiger partial charge in [-0.15, -0.1) is 0 Å². The molecule has 0 saturated heterocycles. The fourth-order valence-corrected chi connectivity index (χ4v) is 3.87. The molecule has 2 aromatic heterocycles. The number of benzene rings is 1. The van der Waals surface area contributed by atoms with Gasteiger partial charge >= 0.3 is 0 Å². The number of pyridine rings is 1. The number of anilines is 1. The third-order valence-electron chi connectivity index (χ3n) is 5.35. The molecule has 1 aromatic carbocycles. The molecule has 4 rings (SSSR count). The molecule has 0 amide bonds. The summed E-state index contributed by atoms with van der Waals surface area (Å²) in [4.78, 5) is 8.47. The van der Waals surface area contributed by atoms with Crippen LogP contribution in [0.1, 0.15) is 49.1 Å². The molecule has 1 fully saturated rings. The minimum Gasteiger partial charge on any atom is -0.381 e. The van der Waals surface area contributed by atoms with Crippen LogP contribution in [0, 0.1) is 12.8 Å². The highest BCUT2D eigenvalue weighted by molar-refractivity contribution is 5.65. The Hall–Kier alpha value is -2.69. The molecule has 3 aromatic rings. The SMILES string of the molecule is Cc1noc(-c2ccc(CC3CCCCC3)c(NCc3ccncc3)c2)n1. The van der Waals surface area contributed by atoms with Crippen molar-refractivity contribution in [3.05, 3.63) is 59.7 Å². The van der Waals surface area contributed by atoms with Crippen LogP contribution >= 0.6 is 0 Å². The molecule has 5 nitrogen and oxygen atoms in total. The maximum atomic E-state index is 5.36. The van der Waals surface area contributed by atoms with Crippen LogP contribution in [0.25, 0.3) is 11.5 Å². The van der Waals surface area contributed by atoms with Gasteiger partial charge in [0, 0.05) is 30.2 Å². The highest BCUT2D eigenvalue weighted by Crippen LogP contribution is 2.32. The van der Waals surface area contributed by atoms with E-state index in [1.807, 2.05) is 31.5 Å². The van der Waals surface area contributed by atoms with Gasteiger partial charge in [0.1, 0.15) is 0 Å². The first-order valence-electron chi connectivity index (χ1n) is 9.84. The smallest absolute Gasteiger partial charge is 0.257 e.